The quantitative estimate of drug-likeness (QED) is 0.273. The summed E-state index contributed by atoms with van der Waals surface area (Å²) >= 11 is 1.70. The molecule has 1 aromatic carbocycles. The van der Waals surface area contributed by atoms with Gasteiger partial charge in [-0.3, -0.25) is 9.30 Å². The van der Waals surface area contributed by atoms with E-state index >= 15 is 0 Å². The highest BCUT2D eigenvalue weighted by atomic mass is 32.2. The topological polar surface area (TPSA) is 84.7 Å². The highest BCUT2D eigenvalue weighted by Crippen LogP contribution is 2.41. The Morgan fingerprint density at radius 2 is 1.95 bits per heavy atom. The third kappa shape index (κ3) is 5.87. The summed E-state index contributed by atoms with van der Waals surface area (Å²) in [6.45, 7) is 7.72. The van der Waals surface area contributed by atoms with Gasteiger partial charge in [0.05, 0.1) is 5.52 Å². The van der Waals surface area contributed by atoms with Crippen molar-refractivity contribution in [1.29, 1.82) is 0 Å². The van der Waals surface area contributed by atoms with Crippen LogP contribution < -0.4 is 5.32 Å². The van der Waals surface area contributed by atoms with Crippen LogP contribution in [-0.2, 0) is 4.74 Å². The first-order valence-corrected chi connectivity index (χ1v) is 14.1. The van der Waals surface area contributed by atoms with Gasteiger partial charge >= 0.3 is 12.3 Å². The van der Waals surface area contributed by atoms with E-state index in [0.29, 0.717) is 30.1 Å². The standard InChI is InChI=1S/C28H31F3N6O2S/c1-5-40-20-9-6-17-7-10-21(33-22(17)14-20)25-35-34-23-11-8-18(16-36(23)25)24(28(29,30)31)37(19-12-13-32-15-19)26(38)39-27(2,3)4/h6-11,14,16,19,24,32H,5,12-13,15H2,1-4H3. The van der Waals surface area contributed by atoms with E-state index in [1.54, 1.807) is 38.6 Å². The number of rotatable bonds is 6. The van der Waals surface area contributed by atoms with Crippen molar-refractivity contribution in [1.82, 2.24) is 29.8 Å². The number of halogens is 3. The van der Waals surface area contributed by atoms with Gasteiger partial charge in [-0.15, -0.1) is 22.0 Å². The van der Waals surface area contributed by atoms with Crippen LogP contribution in [0.15, 0.2) is 53.6 Å². The van der Waals surface area contributed by atoms with Crippen molar-refractivity contribution < 1.29 is 22.7 Å². The van der Waals surface area contributed by atoms with Gasteiger partial charge in [-0.25, -0.2) is 9.78 Å². The highest BCUT2D eigenvalue weighted by molar-refractivity contribution is 7.99. The lowest BCUT2D eigenvalue weighted by molar-refractivity contribution is -0.188. The molecule has 1 saturated heterocycles. The van der Waals surface area contributed by atoms with Crippen LogP contribution in [-0.4, -0.2) is 67.2 Å². The maximum atomic E-state index is 14.8. The molecular formula is C28H31F3N6O2S. The van der Waals surface area contributed by atoms with Crippen molar-refractivity contribution in [3.8, 4) is 11.5 Å². The molecule has 1 aliphatic rings. The minimum Gasteiger partial charge on any atom is -0.444 e. The molecule has 2 unspecified atom stereocenters. The van der Waals surface area contributed by atoms with E-state index in [4.69, 9.17) is 9.72 Å². The largest absolute Gasteiger partial charge is 0.444 e. The molecule has 0 radical (unpaired) electrons. The molecule has 1 fully saturated rings. The van der Waals surface area contributed by atoms with Crippen LogP contribution in [0.3, 0.4) is 0 Å². The summed E-state index contributed by atoms with van der Waals surface area (Å²) in [5.41, 5.74) is 0.509. The summed E-state index contributed by atoms with van der Waals surface area (Å²) in [5.74, 6) is 1.22. The number of nitrogens with one attached hydrogen (secondary N) is 1. The number of ether oxygens (including phenoxy) is 1. The molecule has 40 heavy (non-hydrogen) atoms. The average Bonchev–Trinajstić information content (AvgIpc) is 3.55. The van der Waals surface area contributed by atoms with Gasteiger partial charge in [0.15, 0.2) is 17.5 Å². The number of hydrogen-bond acceptors (Lipinski definition) is 7. The Labute approximate surface area is 234 Å². The van der Waals surface area contributed by atoms with Gasteiger partial charge in [0.1, 0.15) is 11.3 Å². The van der Waals surface area contributed by atoms with Crippen molar-refractivity contribution in [2.45, 2.75) is 62.9 Å². The first-order chi connectivity index (χ1) is 18.9. The van der Waals surface area contributed by atoms with Crippen molar-refractivity contribution in [3.63, 3.8) is 0 Å². The maximum absolute atomic E-state index is 14.8. The lowest BCUT2D eigenvalue weighted by atomic mass is 10.0. The van der Waals surface area contributed by atoms with Crippen molar-refractivity contribution in [3.05, 3.63) is 54.2 Å². The second-order valence-corrected chi connectivity index (χ2v) is 12.0. The van der Waals surface area contributed by atoms with E-state index < -0.39 is 30.0 Å². The van der Waals surface area contributed by atoms with Crippen LogP contribution in [0.25, 0.3) is 28.1 Å². The van der Waals surface area contributed by atoms with Crippen LogP contribution >= 0.6 is 11.8 Å². The van der Waals surface area contributed by atoms with Crippen LogP contribution in [0.1, 0.15) is 45.7 Å². The predicted molar refractivity (Wildman–Crippen MR) is 148 cm³/mol. The molecule has 0 aliphatic carbocycles. The number of aromatic nitrogens is 4. The fraction of sp³-hybridized carbons (Fsp3) is 0.429. The van der Waals surface area contributed by atoms with E-state index in [1.807, 2.05) is 24.3 Å². The first-order valence-electron chi connectivity index (χ1n) is 13.1. The van der Waals surface area contributed by atoms with E-state index in [9.17, 15) is 18.0 Å². The Morgan fingerprint density at radius 1 is 1.18 bits per heavy atom. The Balaban J connectivity index is 1.60. The molecular weight excluding hydrogens is 541 g/mol. The highest BCUT2D eigenvalue weighted by Gasteiger charge is 2.50. The van der Waals surface area contributed by atoms with Crippen molar-refractivity contribution in [2.24, 2.45) is 0 Å². The summed E-state index contributed by atoms with van der Waals surface area (Å²) in [6.07, 6.45) is -4.05. The SMILES string of the molecule is CCSc1ccc2ccc(-c3nnc4ccc(C(N(C(=O)OC(C)(C)C)C5CCNC5)C(F)(F)F)cn34)nc2c1. The second kappa shape index (κ2) is 10.9. The lowest BCUT2D eigenvalue weighted by Crippen LogP contribution is -2.50. The number of thioether (sulfide) groups is 1. The zero-order chi connectivity index (χ0) is 28.7. The minimum absolute atomic E-state index is 0.124. The normalized spacial score (nSPS) is 16.9. The molecule has 4 aromatic rings. The predicted octanol–water partition coefficient (Wildman–Crippen LogP) is 6.26. The number of hydrogen-bond donors (Lipinski definition) is 1. The number of alkyl halides is 3. The number of carbonyl (C=O) groups is 1. The van der Waals surface area contributed by atoms with Gasteiger partial charge in [0.2, 0.25) is 0 Å². The molecule has 4 heterocycles. The molecule has 1 aliphatic heterocycles. The Hall–Kier alpha value is -3.38. The summed E-state index contributed by atoms with van der Waals surface area (Å²) in [5, 5.41) is 12.4. The summed E-state index contributed by atoms with van der Waals surface area (Å²) < 4.78 is 51.4. The van der Waals surface area contributed by atoms with Gasteiger partial charge in [-0.1, -0.05) is 25.1 Å². The lowest BCUT2D eigenvalue weighted by Gasteiger charge is -2.38. The third-order valence-corrected chi connectivity index (χ3v) is 7.44. The van der Waals surface area contributed by atoms with Crippen LogP contribution in [0, 0.1) is 0 Å². The van der Waals surface area contributed by atoms with Crippen molar-refractivity contribution in [2.75, 3.05) is 18.8 Å². The zero-order valence-corrected chi connectivity index (χ0v) is 23.5. The molecule has 1 N–H and O–H groups in total. The smallest absolute Gasteiger partial charge is 0.413 e. The van der Waals surface area contributed by atoms with Crippen LogP contribution in [0.2, 0.25) is 0 Å². The average molecular weight is 573 g/mol. The van der Waals surface area contributed by atoms with Gasteiger partial charge in [-0.2, -0.15) is 13.2 Å². The van der Waals surface area contributed by atoms with Crippen LogP contribution in [0.5, 0.6) is 0 Å². The molecule has 0 spiro atoms. The van der Waals surface area contributed by atoms with E-state index in [2.05, 4.69) is 22.4 Å². The number of pyridine rings is 2. The summed E-state index contributed by atoms with van der Waals surface area (Å²) in [7, 11) is 0. The van der Waals surface area contributed by atoms with E-state index in [0.717, 1.165) is 26.5 Å². The third-order valence-electron chi connectivity index (χ3n) is 6.56. The van der Waals surface area contributed by atoms with Gasteiger partial charge < -0.3 is 10.1 Å². The van der Waals surface area contributed by atoms with Crippen LogP contribution in [0.4, 0.5) is 18.0 Å². The summed E-state index contributed by atoms with van der Waals surface area (Å²) in [6, 6.07) is 9.58. The molecule has 3 aromatic heterocycles. The molecule has 8 nitrogen and oxygen atoms in total. The van der Waals surface area contributed by atoms with Gasteiger partial charge in [0.25, 0.3) is 0 Å². The fourth-order valence-electron chi connectivity index (χ4n) is 4.89. The van der Waals surface area contributed by atoms with Gasteiger partial charge in [-0.05, 0) is 63.8 Å². The molecule has 212 valence electrons. The number of nitrogens with zero attached hydrogens (tertiary/aromatic N) is 5. The maximum Gasteiger partial charge on any atom is 0.413 e. The monoisotopic (exact) mass is 572 g/mol. The Kier molecular flexibility index (Phi) is 7.66. The number of carbonyl (C=O) groups excluding carboxylic acids is 1. The zero-order valence-electron chi connectivity index (χ0n) is 22.7. The Morgan fingerprint density at radius 3 is 2.62 bits per heavy atom. The molecule has 0 bridgehead atoms. The molecule has 1 amide bonds. The second-order valence-electron chi connectivity index (χ2n) is 10.7. The number of amides is 1. The molecule has 0 saturated carbocycles. The van der Waals surface area contributed by atoms with E-state index in [-0.39, 0.29) is 12.1 Å². The molecule has 12 heteroatoms. The molecule has 2 atom stereocenters. The molecule has 5 rings (SSSR count). The first kappa shape index (κ1) is 28.2. The Bertz CT molecular complexity index is 1530. The van der Waals surface area contributed by atoms with Gasteiger partial charge in [0, 0.05) is 34.6 Å². The summed E-state index contributed by atoms with van der Waals surface area (Å²) in [4.78, 5) is 19.9. The number of benzene rings is 1. The fourth-order valence-corrected chi connectivity index (χ4v) is 5.58. The minimum atomic E-state index is -4.77. The number of fused-ring (bicyclic) bond motifs is 2. The van der Waals surface area contributed by atoms with Crippen molar-refractivity contribution >= 4 is 34.4 Å². The van der Waals surface area contributed by atoms with E-state index in [1.165, 1.54) is 22.7 Å².